The molecule has 2 amide bonds. The minimum absolute atomic E-state index is 0.0453. The number of pyridine rings is 1. The smallest absolute Gasteiger partial charge is 0.406 e. The number of halogens is 3. The van der Waals surface area contributed by atoms with Crippen molar-refractivity contribution in [2.45, 2.75) is 154 Å². The van der Waals surface area contributed by atoms with E-state index in [4.69, 9.17) is 19.4 Å². The normalized spacial score (nSPS) is 24.0. The standard InChI is InChI=1S/C55H75F3N10O5S/c1-6-59-37-17-20-66(21-18-37)49(35-10-7-8-11-35)51(69)62-44-28-47-61-45(31-74-47)36-13-16-46-40(26-36)42(29-54(3,4)33-73-53(71)43-12-9-19-68(63-43)52(44)70)50(67(46)32-55(56,57)58)41-27-39(30-60-48(41)34(2)72-5)65-24-22-64(23-25-65)38-14-15-38/h13,16,26-27,30-31,34-35,37-38,43-44,49,59,63H,6-12,14-15,17-25,28-29,32-33H2,1-5H3,(H,62,69)/t34-,43-,44-,49-/m0/s1. The van der Waals surface area contributed by atoms with Gasteiger partial charge in [0, 0.05) is 104 Å². The number of hydrogen-bond donors (Lipinski definition) is 3. The highest BCUT2D eigenvalue weighted by Crippen LogP contribution is 2.44. The van der Waals surface area contributed by atoms with Crippen LogP contribution in [0.25, 0.3) is 33.4 Å². The lowest BCUT2D eigenvalue weighted by Gasteiger charge is -2.40. The van der Waals surface area contributed by atoms with Gasteiger partial charge in [0.25, 0.3) is 5.91 Å². The fraction of sp³-hybridized carbons (Fsp3) is 0.655. The number of benzene rings is 1. The third-order valence-corrected chi connectivity index (χ3v) is 17.4. The summed E-state index contributed by atoms with van der Waals surface area (Å²) in [7, 11) is 1.58. The van der Waals surface area contributed by atoms with Crippen molar-refractivity contribution in [2.24, 2.45) is 11.3 Å². The second-order valence-corrected chi connectivity index (χ2v) is 23.5. The number of nitrogens with zero attached hydrogens (tertiary/aromatic N) is 7. The molecule has 3 N–H and O–H groups in total. The Balaban J connectivity index is 1.05. The summed E-state index contributed by atoms with van der Waals surface area (Å²) in [5, 5.41) is 11.4. The molecule has 402 valence electrons. The highest BCUT2D eigenvalue weighted by molar-refractivity contribution is 7.10. The molecule has 10 rings (SSSR count). The summed E-state index contributed by atoms with van der Waals surface area (Å²) < 4.78 is 58.8. The Labute approximate surface area is 437 Å². The van der Waals surface area contributed by atoms with Crippen molar-refractivity contribution in [1.82, 2.24) is 45.4 Å². The summed E-state index contributed by atoms with van der Waals surface area (Å²) >= 11 is 1.38. The van der Waals surface area contributed by atoms with Gasteiger partial charge < -0.3 is 29.6 Å². The van der Waals surface area contributed by atoms with E-state index in [1.807, 2.05) is 50.5 Å². The molecule has 0 spiro atoms. The van der Waals surface area contributed by atoms with Crippen LogP contribution in [-0.2, 0) is 43.2 Å². The van der Waals surface area contributed by atoms with E-state index in [-0.39, 0.29) is 43.2 Å². The van der Waals surface area contributed by atoms with Gasteiger partial charge in [-0.2, -0.15) is 13.2 Å². The van der Waals surface area contributed by atoms with Crippen LogP contribution in [0.4, 0.5) is 18.9 Å². The zero-order chi connectivity index (χ0) is 51.9. The van der Waals surface area contributed by atoms with Crippen molar-refractivity contribution in [1.29, 1.82) is 0 Å². The first-order valence-corrected chi connectivity index (χ1v) is 28.1. The van der Waals surface area contributed by atoms with Crippen molar-refractivity contribution in [3.05, 3.63) is 52.1 Å². The molecule has 5 fully saturated rings. The molecular weight excluding hydrogens is 970 g/mol. The van der Waals surface area contributed by atoms with Crippen molar-refractivity contribution >= 4 is 45.7 Å². The van der Waals surface area contributed by atoms with E-state index in [9.17, 15) is 14.4 Å². The summed E-state index contributed by atoms with van der Waals surface area (Å²) in [6, 6.07) is 6.32. The fourth-order valence-corrected chi connectivity index (χ4v) is 13.3. The van der Waals surface area contributed by atoms with Gasteiger partial charge in [0.2, 0.25) is 5.91 Å². The van der Waals surface area contributed by atoms with Crippen LogP contribution in [0.2, 0.25) is 0 Å². The number of fused-ring (bicyclic) bond motifs is 6. The van der Waals surface area contributed by atoms with Gasteiger partial charge in [-0.3, -0.25) is 34.2 Å². The molecule has 15 nitrogen and oxygen atoms in total. The molecule has 4 atom stereocenters. The van der Waals surface area contributed by atoms with Crippen LogP contribution < -0.4 is 21.0 Å². The summed E-state index contributed by atoms with van der Waals surface area (Å²) in [4.78, 5) is 61.0. The molecular formula is C55H75F3N10O5S. The number of likely N-dealkylation sites (tertiary alicyclic amines) is 1. The first-order chi connectivity index (χ1) is 35.6. The molecule has 4 aliphatic heterocycles. The zero-order valence-electron chi connectivity index (χ0n) is 43.8. The van der Waals surface area contributed by atoms with Crippen molar-refractivity contribution in [3.8, 4) is 22.5 Å². The topological polar surface area (TPSA) is 149 Å². The number of esters is 1. The summed E-state index contributed by atoms with van der Waals surface area (Å²) in [6.07, 6.45) is 6.37. The van der Waals surface area contributed by atoms with Gasteiger partial charge in [0.15, 0.2) is 0 Å². The number of piperazine rings is 1. The molecule has 7 heterocycles. The average Bonchev–Trinajstić information content (AvgIpc) is 3.76. The molecule has 6 bridgehead atoms. The molecule has 3 aromatic heterocycles. The minimum atomic E-state index is -4.58. The predicted octanol–water partition coefficient (Wildman–Crippen LogP) is 7.66. The molecule has 2 aliphatic carbocycles. The highest BCUT2D eigenvalue weighted by atomic mass is 32.1. The lowest BCUT2D eigenvalue weighted by molar-refractivity contribution is -0.155. The van der Waals surface area contributed by atoms with Crippen molar-refractivity contribution in [2.75, 3.05) is 71.0 Å². The van der Waals surface area contributed by atoms with E-state index in [1.54, 1.807) is 13.2 Å². The van der Waals surface area contributed by atoms with Crippen LogP contribution in [-0.4, -0.2) is 150 Å². The first kappa shape index (κ1) is 52.8. The highest BCUT2D eigenvalue weighted by Gasteiger charge is 2.42. The van der Waals surface area contributed by atoms with E-state index in [0.29, 0.717) is 81.2 Å². The van der Waals surface area contributed by atoms with E-state index < -0.39 is 42.3 Å². The number of cyclic esters (lactones) is 1. The number of nitrogens with one attached hydrogen (secondary N) is 3. The lowest BCUT2D eigenvalue weighted by Crippen LogP contribution is -2.62. The van der Waals surface area contributed by atoms with Crippen LogP contribution in [0.3, 0.4) is 0 Å². The number of amides is 2. The average molecular weight is 1050 g/mol. The van der Waals surface area contributed by atoms with E-state index in [2.05, 4.69) is 37.7 Å². The molecule has 0 unspecified atom stereocenters. The molecule has 19 heteroatoms. The quantitative estimate of drug-likeness (QED) is 0.120. The number of piperidine rings is 1. The zero-order valence-corrected chi connectivity index (χ0v) is 44.6. The van der Waals surface area contributed by atoms with Gasteiger partial charge in [0.1, 0.15) is 18.6 Å². The molecule has 4 aromatic rings. The minimum Gasteiger partial charge on any atom is -0.464 e. The number of thiazole rings is 1. The van der Waals surface area contributed by atoms with Crippen LogP contribution in [0.5, 0.6) is 0 Å². The second-order valence-electron chi connectivity index (χ2n) is 22.5. The SMILES string of the molecule is CCNC1CCN([C@H](C(=O)N[C@H]2Cc3nc(cs3)-c3ccc4c(c3)c(c(-c3cc(N5CCN(C6CC6)CC5)cnc3[C@H](C)OC)n4CC(F)(F)F)CC(C)(C)COC(=O)[C@@H]3CCCN(N3)C2=O)C2CCCC2)CC1. The van der Waals surface area contributed by atoms with Crippen LogP contribution in [0, 0.1) is 11.3 Å². The third-order valence-electron chi connectivity index (χ3n) is 16.5. The summed E-state index contributed by atoms with van der Waals surface area (Å²) in [5.74, 6) is -0.863. The van der Waals surface area contributed by atoms with Gasteiger partial charge in [-0.05, 0) is 101 Å². The Kier molecular flexibility index (Phi) is 15.8. The van der Waals surface area contributed by atoms with E-state index in [0.717, 1.165) is 90.0 Å². The molecule has 0 radical (unpaired) electrons. The van der Waals surface area contributed by atoms with Gasteiger partial charge in [-0.1, -0.05) is 39.7 Å². The van der Waals surface area contributed by atoms with E-state index >= 15 is 13.2 Å². The predicted molar refractivity (Wildman–Crippen MR) is 281 cm³/mol. The maximum atomic E-state index is 15.1. The summed E-state index contributed by atoms with van der Waals surface area (Å²) in [6.45, 7) is 12.8. The second kappa shape index (κ2) is 22.1. The van der Waals surface area contributed by atoms with Crippen LogP contribution in [0.15, 0.2) is 35.8 Å². The number of methoxy groups -OCH3 is 1. The molecule has 1 aromatic carbocycles. The Hall–Kier alpha value is -4.66. The Morgan fingerprint density at radius 1 is 0.986 bits per heavy atom. The Morgan fingerprint density at radius 2 is 1.74 bits per heavy atom. The van der Waals surface area contributed by atoms with E-state index in [1.165, 1.54) is 33.8 Å². The maximum Gasteiger partial charge on any atom is 0.406 e. The van der Waals surface area contributed by atoms with Crippen LogP contribution in [0.1, 0.15) is 114 Å². The number of ether oxygens (including phenoxy) is 2. The number of rotatable bonds is 12. The number of anilines is 1. The fourth-order valence-electron chi connectivity index (χ4n) is 12.5. The monoisotopic (exact) mass is 1040 g/mol. The molecule has 2 saturated carbocycles. The molecule has 6 aliphatic rings. The molecule has 74 heavy (non-hydrogen) atoms. The van der Waals surface area contributed by atoms with Crippen molar-refractivity contribution in [3.63, 3.8) is 0 Å². The largest absolute Gasteiger partial charge is 0.464 e. The Bertz CT molecular complexity index is 2650. The third kappa shape index (κ3) is 11.7. The summed E-state index contributed by atoms with van der Waals surface area (Å²) in [5.41, 5.74) is 7.09. The number of alkyl halides is 3. The first-order valence-electron chi connectivity index (χ1n) is 27.3. The van der Waals surface area contributed by atoms with Gasteiger partial charge >= 0.3 is 12.1 Å². The lowest BCUT2D eigenvalue weighted by atomic mass is 9.84. The van der Waals surface area contributed by atoms with Gasteiger partial charge in [-0.15, -0.1) is 11.3 Å². The number of hydrazine groups is 1. The number of aromatic nitrogens is 3. The van der Waals surface area contributed by atoms with Gasteiger partial charge in [-0.25, -0.2) is 10.4 Å². The van der Waals surface area contributed by atoms with Crippen LogP contribution >= 0.6 is 11.3 Å². The van der Waals surface area contributed by atoms with Gasteiger partial charge in [0.05, 0.1) is 52.7 Å². The number of hydrogen-bond acceptors (Lipinski definition) is 13. The number of carbonyl (C=O) groups excluding carboxylic acids is 3. The Morgan fingerprint density at radius 3 is 2.45 bits per heavy atom. The molecule has 3 saturated heterocycles. The van der Waals surface area contributed by atoms with Crippen molar-refractivity contribution < 1.29 is 37.0 Å². The number of carbonyl (C=O) groups is 3. The maximum absolute atomic E-state index is 15.1.